The Hall–Kier alpha value is -8.76. The van der Waals surface area contributed by atoms with Gasteiger partial charge in [0, 0.05) is 68.0 Å². The molecule has 0 aromatic carbocycles. The lowest BCUT2D eigenvalue weighted by Gasteiger charge is -2.10. The van der Waals surface area contributed by atoms with Crippen molar-refractivity contribution in [3.8, 4) is 0 Å². The third-order valence-electron chi connectivity index (χ3n) is 11.7. The second-order valence-corrected chi connectivity index (χ2v) is 20.9. The molecule has 14 N–H and O–H groups in total. The lowest BCUT2D eigenvalue weighted by atomic mass is 9.98. The summed E-state index contributed by atoms with van der Waals surface area (Å²) in [4.78, 5) is 39.8. The number of anilines is 8. The third-order valence-corrected chi connectivity index (χ3v) is 11.7. The van der Waals surface area contributed by atoms with Gasteiger partial charge >= 0.3 is 5.82 Å². The monoisotopic (exact) mass is 1140 g/mol. The molecule has 0 radical (unpaired) electrons. The van der Waals surface area contributed by atoms with E-state index in [0.717, 1.165) is 67.8 Å². The van der Waals surface area contributed by atoms with Crippen molar-refractivity contribution in [2.75, 3.05) is 58.3 Å². The van der Waals surface area contributed by atoms with E-state index in [2.05, 4.69) is 172 Å². The number of aromatic nitrogens is 13. The van der Waals surface area contributed by atoms with Crippen LogP contribution in [0.3, 0.4) is 0 Å². The van der Waals surface area contributed by atoms with Gasteiger partial charge < -0.3 is 58.7 Å². The van der Waals surface area contributed by atoms with Crippen LogP contribution >= 0.6 is 0 Å². The fourth-order valence-electron chi connectivity index (χ4n) is 8.30. The largest absolute Gasteiger partial charge is 0.397 e. The summed E-state index contributed by atoms with van der Waals surface area (Å²) in [5, 5.41) is 26.6. The Morgan fingerprint density at radius 2 is 1.29 bits per heavy atom. The van der Waals surface area contributed by atoms with Crippen molar-refractivity contribution in [1.29, 1.82) is 0 Å². The van der Waals surface area contributed by atoms with E-state index < -0.39 is 0 Å². The van der Waals surface area contributed by atoms with Crippen LogP contribution in [0.2, 0.25) is 0 Å². The first kappa shape index (κ1) is 72.3. The van der Waals surface area contributed by atoms with Crippen LogP contribution in [-0.2, 0) is 7.05 Å². The Bertz CT molecular complexity index is 3390. The summed E-state index contributed by atoms with van der Waals surface area (Å²) in [5.74, 6) is 6.62. The van der Waals surface area contributed by atoms with Gasteiger partial charge in [-0.2, -0.15) is 15.0 Å². The number of hydrogen-bond acceptors (Lipinski definition) is 19. The predicted octanol–water partition coefficient (Wildman–Crippen LogP) is 13.2. The average molecular weight is 1140 g/mol. The van der Waals surface area contributed by atoms with Gasteiger partial charge in [0.15, 0.2) is 0 Å². The van der Waals surface area contributed by atoms with Crippen molar-refractivity contribution < 1.29 is 4.70 Å². The van der Waals surface area contributed by atoms with E-state index in [4.69, 9.17) is 22.9 Å². The Balaban J connectivity index is 0.000000494. The number of fused-ring (bicyclic) bond motifs is 4. The molecule has 0 bridgehead atoms. The van der Waals surface area contributed by atoms with Crippen molar-refractivity contribution in [1.82, 2.24) is 64.6 Å². The molecule has 10 rings (SSSR count). The minimum atomic E-state index is 0. The van der Waals surface area contributed by atoms with Crippen LogP contribution in [-0.4, -0.2) is 102 Å². The molecule has 0 spiro atoms. The summed E-state index contributed by atoms with van der Waals surface area (Å²) in [5.41, 5.74) is 32.4. The van der Waals surface area contributed by atoms with Gasteiger partial charge in [0.1, 0.15) is 53.9 Å². The molecule has 23 heteroatoms. The molecule has 0 fully saturated rings. The van der Waals surface area contributed by atoms with Crippen LogP contribution in [0.15, 0.2) is 78.6 Å². The van der Waals surface area contributed by atoms with Crippen molar-refractivity contribution >= 4 is 85.7 Å². The molecule has 83 heavy (non-hydrogen) atoms. The van der Waals surface area contributed by atoms with E-state index in [1.165, 1.54) is 16.7 Å². The van der Waals surface area contributed by atoms with Crippen molar-refractivity contribution in [2.45, 2.75) is 163 Å². The maximum atomic E-state index is 5.68. The first-order chi connectivity index (χ1) is 37.3. The molecule has 1 aliphatic rings. The molecular formula is C60H100N23+. The zero-order chi connectivity index (χ0) is 58.2. The van der Waals surface area contributed by atoms with Gasteiger partial charge in [0.2, 0.25) is 17.8 Å². The topological polar surface area (TPSA) is 333 Å². The quantitative estimate of drug-likeness (QED) is 0.0569. The Morgan fingerprint density at radius 1 is 0.651 bits per heavy atom. The second-order valence-electron chi connectivity index (χ2n) is 20.9. The minimum Gasteiger partial charge on any atom is -0.397 e. The highest BCUT2D eigenvalue weighted by atomic mass is 15.3. The zero-order valence-electron chi connectivity index (χ0n) is 49.1. The molecule has 454 valence electrons. The summed E-state index contributed by atoms with van der Waals surface area (Å²) in [7, 11) is 5.78. The summed E-state index contributed by atoms with van der Waals surface area (Å²) in [6, 6.07) is 14.8. The normalized spacial score (nSPS) is 11.8. The van der Waals surface area contributed by atoms with E-state index >= 15 is 0 Å². The molecule has 1 aliphatic heterocycles. The van der Waals surface area contributed by atoms with Crippen LogP contribution < -0.4 is 44.2 Å². The molecule has 23 nitrogen and oxygen atoms in total. The van der Waals surface area contributed by atoms with E-state index in [1.54, 1.807) is 12.3 Å². The molecular weight excluding hydrogens is 1040 g/mol. The highest BCUT2D eigenvalue weighted by molar-refractivity contribution is 5.88. The van der Waals surface area contributed by atoms with Crippen LogP contribution in [0.25, 0.3) is 33.1 Å². The number of hydrogen-bond donors (Lipinski definition) is 10. The lowest BCUT2D eigenvalue weighted by molar-refractivity contribution is -0.482. The van der Waals surface area contributed by atoms with Crippen molar-refractivity contribution in [2.24, 2.45) is 18.1 Å². The second kappa shape index (κ2) is 33.2. The SMILES string of the molecule is C.C.C.C.CC(C)C1N=[N+](C)c2ncccc21.CC(C)Nc1ccc(N)nn1.CC(C)Nc1nc(N)nc2[nH]ccc12.CC(C)c1c[nH]c2ncc(N)cc12.CNc1nc(C)cc(NC(C)C)n1.Cc1nc(N)nc2c(C(C)C)cn(C)c12. The fraction of sp³-hybridized carbons (Fsp3) is 0.467. The Kier molecular flexibility index (Phi) is 28.9. The number of nitrogens with one attached hydrogen (secondary N) is 6. The van der Waals surface area contributed by atoms with Crippen LogP contribution in [0, 0.1) is 19.8 Å². The molecule has 1 atom stereocenters. The molecule has 0 saturated heterocycles. The number of aryl methyl sites for hydroxylation is 3. The van der Waals surface area contributed by atoms with Crippen molar-refractivity contribution in [3.63, 3.8) is 0 Å². The zero-order valence-corrected chi connectivity index (χ0v) is 49.1. The van der Waals surface area contributed by atoms with Gasteiger partial charge in [-0.25, -0.2) is 19.9 Å². The Labute approximate surface area is 493 Å². The summed E-state index contributed by atoms with van der Waals surface area (Å²) in [6.45, 7) is 29.3. The van der Waals surface area contributed by atoms with Gasteiger partial charge in [0.25, 0.3) is 0 Å². The number of H-pyrrole nitrogens is 2. The molecule has 0 amide bonds. The average Bonchev–Trinajstić information content (AvgIpc) is 4.29. The van der Waals surface area contributed by atoms with Crippen LogP contribution in [0.1, 0.15) is 159 Å². The predicted molar refractivity (Wildman–Crippen MR) is 351 cm³/mol. The van der Waals surface area contributed by atoms with Gasteiger partial charge in [-0.15, -0.1) is 20.0 Å². The van der Waals surface area contributed by atoms with Gasteiger partial charge in [-0.3, -0.25) is 0 Å². The molecule has 10 heterocycles. The highest BCUT2D eigenvalue weighted by Crippen LogP contribution is 2.37. The van der Waals surface area contributed by atoms with E-state index in [0.29, 0.717) is 59.3 Å². The van der Waals surface area contributed by atoms with E-state index in [-0.39, 0.29) is 41.7 Å². The first-order valence-corrected chi connectivity index (χ1v) is 26.6. The fourth-order valence-corrected chi connectivity index (χ4v) is 8.30. The molecule has 9 aromatic heterocycles. The number of nitrogens with zero attached hydrogens (tertiary/aromatic N) is 13. The van der Waals surface area contributed by atoms with Crippen molar-refractivity contribution in [3.05, 3.63) is 102 Å². The summed E-state index contributed by atoms with van der Waals surface area (Å²) >= 11 is 0. The number of nitrogens with two attached hydrogens (primary N) is 4. The van der Waals surface area contributed by atoms with Crippen LogP contribution in [0.4, 0.5) is 52.6 Å². The van der Waals surface area contributed by atoms with Crippen LogP contribution in [0.5, 0.6) is 0 Å². The number of aromatic amines is 2. The van der Waals surface area contributed by atoms with E-state index in [9.17, 15) is 0 Å². The number of azo groups is 2. The molecule has 1 unspecified atom stereocenters. The number of rotatable bonds is 10. The van der Waals surface area contributed by atoms with Gasteiger partial charge in [-0.05, 0) is 126 Å². The smallest absolute Gasteiger partial charge is 0.348 e. The summed E-state index contributed by atoms with van der Waals surface area (Å²) in [6.07, 6.45) is 9.42. The maximum absolute atomic E-state index is 5.68. The van der Waals surface area contributed by atoms with Gasteiger partial charge in [-0.1, -0.05) is 71.2 Å². The highest BCUT2D eigenvalue weighted by Gasteiger charge is 2.32. The maximum Gasteiger partial charge on any atom is 0.348 e. The molecule has 0 saturated carbocycles. The number of nitrogen functional groups attached to an aromatic ring is 4. The first-order valence-electron chi connectivity index (χ1n) is 26.6. The number of pyridine rings is 2. The molecule has 0 aliphatic carbocycles. The third kappa shape index (κ3) is 20.6. The van der Waals surface area contributed by atoms with Gasteiger partial charge in [0.05, 0.1) is 39.6 Å². The Morgan fingerprint density at radius 3 is 1.88 bits per heavy atom. The van der Waals surface area contributed by atoms with E-state index in [1.807, 2.05) is 102 Å². The minimum absolute atomic E-state index is 0. The summed E-state index contributed by atoms with van der Waals surface area (Å²) < 4.78 is 3.94. The lowest BCUT2D eigenvalue weighted by Crippen LogP contribution is -2.12. The molecule has 9 aromatic rings. The standard InChI is InChI=1S/C11H16N4.C10H13N3.C10H14N3.C9H13N5.C9H16N4.C7H12N4.4CH4/c1-6(2)8-5-15(4)10-7(3)13-11(12)14-9(8)10;1-6(2)9-5-13-10-8(9)3-7(11)4-12-10;1-7(2)9-8-5-4-6-11-10(8)13(3)12-9;1-5(2)12-8-6-3-4-11-7(6)13-9(10)14-8;1-6(2)11-8-5-7(3)12-9(10-4)13-8;1-5(2)9-7-4-3-6(8)10-11-7;;;;/h5-6H,1-4H3,(H2,12,13,14);3-6H,11H2,1-2H3,(H,12,13);4-7,9H,1-3H3;3-5H,1-2H3,(H4,10,11,12,13,14);5-6H,1-4H3,(H2,10,11,12,13);3-5H,1-2H3,(H2,8,10)(H,9,11);4*1H4/q;;+1;;;;;;;.